The molecule has 11 atom stereocenters. The molecule has 0 spiro atoms. The summed E-state index contributed by atoms with van der Waals surface area (Å²) < 4.78 is 30.4. The van der Waals surface area contributed by atoms with Gasteiger partial charge in [-0.05, 0) is 123 Å². The van der Waals surface area contributed by atoms with Crippen molar-refractivity contribution >= 4 is 23.8 Å². The molecule has 1 aromatic carbocycles. The minimum Gasteiger partial charge on any atom is -0.459 e. The molecule has 316 valence electrons. The number of esters is 3. The van der Waals surface area contributed by atoms with Crippen LogP contribution >= 0.6 is 0 Å². The number of methoxy groups -OCH3 is 2. The van der Waals surface area contributed by atoms with Crippen LogP contribution in [0.4, 0.5) is 0 Å². The maximum absolute atomic E-state index is 14.0. The predicted octanol–water partition coefficient (Wildman–Crippen LogP) is 7.03. The lowest BCUT2D eigenvalue weighted by atomic mass is 9.43. The standard InChI is InChI=1S/C46H58N4O9/c1-27(9-12-39(51)50-47)34-10-11-35-40-36(26-38(46(34,35)3)59-42(53)29-16-21-49-22-17-29)45(2)18-13-33(57-43(54)30-7-6-8-31(23-30)44(55-4)56-5)24-32(45)25-37(40)58-41(52)28-14-19-48-20-15-28/h6-8,14-17,19-23,27,32-38,40,44H,9-13,18,24-26,47H2,1-5H3,(H,50,51)/t27-,32+,33-,34-,35+,36+,37-,38+,40+,45+,46-/m1/s1. The first-order valence-electron chi connectivity index (χ1n) is 21.0. The van der Waals surface area contributed by atoms with Crippen LogP contribution in [0.15, 0.2) is 73.3 Å². The molecule has 0 radical (unpaired) electrons. The molecule has 4 aliphatic carbocycles. The first kappa shape index (κ1) is 42.4. The van der Waals surface area contributed by atoms with E-state index in [9.17, 15) is 19.2 Å². The summed E-state index contributed by atoms with van der Waals surface area (Å²) in [6.45, 7) is 6.79. The lowest BCUT2D eigenvalue weighted by molar-refractivity contribution is -0.207. The normalized spacial score (nSPS) is 31.5. The van der Waals surface area contributed by atoms with Crippen molar-refractivity contribution in [1.82, 2.24) is 15.4 Å². The van der Waals surface area contributed by atoms with Crippen molar-refractivity contribution in [1.29, 1.82) is 0 Å². The van der Waals surface area contributed by atoms with Gasteiger partial charge in [0.15, 0.2) is 6.29 Å². The highest BCUT2D eigenvalue weighted by Gasteiger charge is 2.68. The van der Waals surface area contributed by atoms with Gasteiger partial charge in [0.05, 0.1) is 16.7 Å². The van der Waals surface area contributed by atoms with Crippen LogP contribution in [0.1, 0.15) is 121 Å². The zero-order chi connectivity index (χ0) is 41.9. The number of hydrogen-bond donors (Lipinski definition) is 2. The largest absolute Gasteiger partial charge is 0.459 e. The number of nitrogens with one attached hydrogen (secondary N) is 1. The number of rotatable bonds is 13. The molecule has 4 fully saturated rings. The first-order valence-corrected chi connectivity index (χ1v) is 21.0. The molecule has 4 saturated carbocycles. The zero-order valence-corrected chi connectivity index (χ0v) is 34.7. The molecule has 59 heavy (non-hydrogen) atoms. The fraction of sp³-hybridized carbons (Fsp3) is 0.565. The number of aromatic nitrogens is 2. The summed E-state index contributed by atoms with van der Waals surface area (Å²) in [5, 5.41) is 0. The second-order valence-electron chi connectivity index (χ2n) is 17.6. The summed E-state index contributed by atoms with van der Waals surface area (Å²) in [6.07, 6.45) is 10.5. The third kappa shape index (κ3) is 8.38. The minimum atomic E-state index is -0.610. The van der Waals surface area contributed by atoms with Crippen LogP contribution in [-0.2, 0) is 28.5 Å². The Morgan fingerprint density at radius 1 is 0.797 bits per heavy atom. The molecule has 0 saturated heterocycles. The average Bonchev–Trinajstić information content (AvgIpc) is 3.62. The lowest BCUT2D eigenvalue weighted by Crippen LogP contribution is -2.63. The van der Waals surface area contributed by atoms with Crippen molar-refractivity contribution in [3.8, 4) is 0 Å². The molecule has 2 aromatic heterocycles. The second-order valence-corrected chi connectivity index (χ2v) is 17.6. The predicted molar refractivity (Wildman–Crippen MR) is 216 cm³/mol. The quantitative estimate of drug-likeness (QED) is 0.0451. The Hall–Kier alpha value is -4.72. The summed E-state index contributed by atoms with van der Waals surface area (Å²) in [6, 6.07) is 13.8. The smallest absolute Gasteiger partial charge is 0.338 e. The van der Waals surface area contributed by atoms with Crippen LogP contribution in [0, 0.1) is 46.3 Å². The number of nitrogens with zero attached hydrogens (tertiary/aromatic N) is 2. The average molecular weight is 811 g/mol. The van der Waals surface area contributed by atoms with Crippen molar-refractivity contribution in [2.45, 2.75) is 103 Å². The van der Waals surface area contributed by atoms with E-state index in [4.69, 9.17) is 29.5 Å². The zero-order valence-electron chi connectivity index (χ0n) is 34.7. The van der Waals surface area contributed by atoms with Gasteiger partial charge in [0, 0.05) is 62.3 Å². The molecule has 0 bridgehead atoms. The molecule has 1 amide bonds. The highest BCUT2D eigenvalue weighted by Crippen LogP contribution is 2.69. The van der Waals surface area contributed by atoms with Crippen LogP contribution in [0.25, 0.3) is 0 Å². The maximum Gasteiger partial charge on any atom is 0.338 e. The van der Waals surface area contributed by atoms with Crippen LogP contribution in [0.2, 0.25) is 0 Å². The third-order valence-electron chi connectivity index (χ3n) is 14.9. The Morgan fingerprint density at radius 2 is 1.44 bits per heavy atom. The van der Waals surface area contributed by atoms with Crippen molar-refractivity contribution < 1.29 is 42.9 Å². The highest BCUT2D eigenvalue weighted by atomic mass is 16.7. The monoisotopic (exact) mass is 810 g/mol. The van der Waals surface area contributed by atoms with Gasteiger partial charge in [0.2, 0.25) is 5.91 Å². The van der Waals surface area contributed by atoms with Crippen LogP contribution in [0.5, 0.6) is 0 Å². The molecule has 0 unspecified atom stereocenters. The fourth-order valence-electron chi connectivity index (χ4n) is 11.9. The molecule has 4 aliphatic rings. The van der Waals surface area contributed by atoms with Crippen LogP contribution in [-0.4, -0.2) is 66.3 Å². The van der Waals surface area contributed by atoms with Gasteiger partial charge in [-0.2, -0.15) is 0 Å². The van der Waals surface area contributed by atoms with Crippen LogP contribution < -0.4 is 11.3 Å². The Labute approximate surface area is 346 Å². The molecule has 3 aromatic rings. The van der Waals surface area contributed by atoms with Crippen molar-refractivity contribution in [2.24, 2.45) is 52.2 Å². The van der Waals surface area contributed by atoms with Gasteiger partial charge in [-0.25, -0.2) is 20.2 Å². The van der Waals surface area contributed by atoms with Crippen molar-refractivity contribution in [2.75, 3.05) is 14.2 Å². The first-order chi connectivity index (χ1) is 28.4. The second kappa shape index (κ2) is 17.9. The number of benzene rings is 1. The van der Waals surface area contributed by atoms with E-state index in [-0.39, 0.29) is 52.9 Å². The number of carbonyl (C=O) groups is 4. The number of amides is 1. The molecule has 0 aliphatic heterocycles. The number of ether oxygens (including phenoxy) is 5. The molecule has 13 nitrogen and oxygen atoms in total. The Morgan fingerprint density at radius 3 is 2.08 bits per heavy atom. The molecular weight excluding hydrogens is 753 g/mol. The summed E-state index contributed by atoms with van der Waals surface area (Å²) in [5.74, 6) is 4.45. The van der Waals surface area contributed by atoms with Gasteiger partial charge in [0.1, 0.15) is 18.3 Å². The maximum atomic E-state index is 14.0. The Bertz CT molecular complexity index is 1960. The summed E-state index contributed by atoms with van der Waals surface area (Å²) in [5.41, 5.74) is 3.58. The van der Waals surface area contributed by atoms with Crippen molar-refractivity contribution in [3.63, 3.8) is 0 Å². The number of hydrogen-bond acceptors (Lipinski definition) is 12. The summed E-state index contributed by atoms with van der Waals surface area (Å²) in [7, 11) is 3.10. The Balaban J connectivity index is 1.21. The van der Waals surface area contributed by atoms with Crippen LogP contribution in [0.3, 0.4) is 0 Å². The van der Waals surface area contributed by atoms with Gasteiger partial charge >= 0.3 is 17.9 Å². The molecule has 13 heteroatoms. The van der Waals surface area contributed by atoms with E-state index in [0.29, 0.717) is 60.8 Å². The molecule has 7 rings (SSSR count). The van der Waals surface area contributed by atoms with Crippen molar-refractivity contribution in [3.05, 3.63) is 95.6 Å². The fourth-order valence-corrected chi connectivity index (χ4v) is 11.9. The van der Waals surface area contributed by atoms with E-state index in [0.717, 1.165) is 19.3 Å². The number of pyridine rings is 2. The van der Waals surface area contributed by atoms with Gasteiger partial charge in [-0.3, -0.25) is 20.2 Å². The minimum absolute atomic E-state index is 0.0104. The van der Waals surface area contributed by atoms with Gasteiger partial charge < -0.3 is 23.7 Å². The topological polar surface area (TPSA) is 178 Å². The van der Waals surface area contributed by atoms with Gasteiger partial charge in [-0.15, -0.1) is 0 Å². The van der Waals surface area contributed by atoms with E-state index in [1.165, 1.54) is 0 Å². The van der Waals surface area contributed by atoms with E-state index in [2.05, 4.69) is 36.2 Å². The van der Waals surface area contributed by atoms with E-state index >= 15 is 0 Å². The number of carbonyl (C=O) groups excluding carboxylic acids is 4. The summed E-state index contributed by atoms with van der Waals surface area (Å²) >= 11 is 0. The lowest BCUT2D eigenvalue weighted by Gasteiger charge is -2.64. The number of fused-ring (bicyclic) bond motifs is 5. The van der Waals surface area contributed by atoms with Gasteiger partial charge in [-0.1, -0.05) is 32.9 Å². The van der Waals surface area contributed by atoms with E-state index in [1.54, 1.807) is 81.5 Å². The van der Waals surface area contributed by atoms with E-state index in [1.807, 2.05) is 6.07 Å². The third-order valence-corrected chi connectivity index (χ3v) is 14.9. The molecule has 3 N–H and O–H groups in total. The molecule has 2 heterocycles. The van der Waals surface area contributed by atoms with E-state index < -0.39 is 41.8 Å². The summed E-state index contributed by atoms with van der Waals surface area (Å²) in [4.78, 5) is 62.1. The Kier molecular flexibility index (Phi) is 12.8. The molecular formula is C46H58N4O9. The number of hydrazine groups is 1. The highest BCUT2D eigenvalue weighted by molar-refractivity contribution is 5.90. The van der Waals surface area contributed by atoms with Gasteiger partial charge in [0.25, 0.3) is 0 Å². The SMILES string of the molecule is COC(OC)c1cccc(C(=O)O[C@@H]2CC[C@@]3(C)[C@@H](C2)C[C@@H](OC(=O)c2ccncc2)[C@@H]2[C@@H]3C[C@H](OC(=O)c3ccncc3)[C@]3(C)[C@@H]([C@H](C)CCC(=O)NN)CC[C@@H]23)c1. The number of nitrogens with two attached hydrogens (primary N) is 1.